The van der Waals surface area contributed by atoms with E-state index in [4.69, 9.17) is 4.74 Å². The van der Waals surface area contributed by atoms with Crippen LogP contribution in [-0.2, 0) is 0 Å². The van der Waals surface area contributed by atoms with Gasteiger partial charge in [0.05, 0.1) is 17.7 Å². The van der Waals surface area contributed by atoms with Crippen molar-refractivity contribution in [3.05, 3.63) is 75.0 Å². The molecule has 1 aromatic heterocycles. The van der Waals surface area contributed by atoms with Crippen molar-refractivity contribution in [2.75, 3.05) is 12.4 Å². The van der Waals surface area contributed by atoms with E-state index in [1.54, 1.807) is 7.11 Å². The summed E-state index contributed by atoms with van der Waals surface area (Å²) in [5.74, 6) is -0.196. The normalized spacial score (nSPS) is 11.0. The van der Waals surface area contributed by atoms with Crippen LogP contribution < -0.4 is 10.1 Å². The number of aromatic nitrogens is 1. The van der Waals surface area contributed by atoms with Crippen LogP contribution in [0.5, 0.6) is 5.75 Å². The number of nitro groups is 1. The van der Waals surface area contributed by atoms with Gasteiger partial charge in [-0.25, -0.2) is 4.98 Å². The van der Waals surface area contributed by atoms with Gasteiger partial charge in [-0.2, -0.15) is 9.65 Å². The molecule has 0 amide bonds. The first-order chi connectivity index (χ1) is 13.5. The number of ether oxygens (including phenoxy) is 1. The molecule has 0 aliphatic heterocycles. The standard InChI is InChI=1S/C19H13FN4O3S/c1-27-15-5-2-12(3-6-15)17-11-28-19(23-17)13(9-21)10-22-14-4-7-16(20)18(8-14)24(25)26/h2-8,10-11,22H,1H3/b13-10-. The van der Waals surface area contributed by atoms with Gasteiger partial charge >= 0.3 is 5.69 Å². The molecule has 28 heavy (non-hydrogen) atoms. The summed E-state index contributed by atoms with van der Waals surface area (Å²) < 4.78 is 18.5. The molecule has 0 saturated carbocycles. The zero-order chi connectivity index (χ0) is 20.1. The number of halogens is 1. The molecule has 3 rings (SSSR count). The van der Waals surface area contributed by atoms with Gasteiger partial charge in [-0.3, -0.25) is 10.1 Å². The average Bonchev–Trinajstić information content (AvgIpc) is 3.19. The van der Waals surface area contributed by atoms with E-state index in [1.807, 2.05) is 35.7 Å². The minimum atomic E-state index is -0.927. The minimum absolute atomic E-state index is 0.247. The second-order valence-corrected chi connectivity index (χ2v) is 6.36. The van der Waals surface area contributed by atoms with Crippen LogP contribution in [0, 0.1) is 27.3 Å². The van der Waals surface area contributed by atoms with E-state index in [1.165, 1.54) is 23.6 Å². The molecule has 0 fully saturated rings. The van der Waals surface area contributed by atoms with Gasteiger partial charge in [0.25, 0.3) is 0 Å². The Morgan fingerprint density at radius 2 is 2.11 bits per heavy atom. The number of thiazole rings is 1. The molecular formula is C19H13FN4O3S. The number of allylic oxidation sites excluding steroid dienone is 1. The number of methoxy groups -OCH3 is 1. The van der Waals surface area contributed by atoms with Crippen LogP contribution >= 0.6 is 11.3 Å². The van der Waals surface area contributed by atoms with E-state index >= 15 is 0 Å². The topological polar surface area (TPSA) is 101 Å². The van der Waals surface area contributed by atoms with E-state index in [2.05, 4.69) is 10.3 Å². The summed E-state index contributed by atoms with van der Waals surface area (Å²) in [4.78, 5) is 14.5. The highest BCUT2D eigenvalue weighted by Crippen LogP contribution is 2.28. The lowest BCUT2D eigenvalue weighted by molar-refractivity contribution is -0.387. The maximum atomic E-state index is 13.4. The summed E-state index contributed by atoms with van der Waals surface area (Å²) >= 11 is 1.29. The molecule has 0 bridgehead atoms. The molecular weight excluding hydrogens is 383 g/mol. The Hall–Kier alpha value is -3.77. The summed E-state index contributed by atoms with van der Waals surface area (Å²) in [6.45, 7) is 0. The molecule has 0 radical (unpaired) electrons. The number of benzene rings is 2. The Morgan fingerprint density at radius 3 is 2.75 bits per heavy atom. The molecule has 1 heterocycles. The zero-order valence-corrected chi connectivity index (χ0v) is 15.4. The molecule has 140 valence electrons. The lowest BCUT2D eigenvalue weighted by Crippen LogP contribution is -1.96. The van der Waals surface area contributed by atoms with Gasteiger partial charge in [-0.05, 0) is 36.4 Å². The average molecular weight is 396 g/mol. The van der Waals surface area contributed by atoms with Gasteiger partial charge in [0.1, 0.15) is 22.4 Å². The number of nitrogens with zero attached hydrogens (tertiary/aromatic N) is 3. The fourth-order valence-electron chi connectivity index (χ4n) is 2.33. The predicted octanol–water partition coefficient (Wildman–Crippen LogP) is 4.84. The largest absolute Gasteiger partial charge is 0.497 e. The summed E-state index contributed by atoms with van der Waals surface area (Å²) in [6, 6.07) is 12.8. The summed E-state index contributed by atoms with van der Waals surface area (Å²) in [5.41, 5.74) is 1.47. The van der Waals surface area contributed by atoms with Crippen molar-refractivity contribution in [3.63, 3.8) is 0 Å². The SMILES string of the molecule is COc1ccc(-c2csc(/C(C#N)=C\Nc3ccc(F)c([N+](=O)[O-])c3)n2)cc1. The Bertz CT molecular complexity index is 1090. The van der Waals surface area contributed by atoms with Crippen LogP contribution in [0.1, 0.15) is 5.01 Å². The quantitative estimate of drug-likeness (QED) is 0.363. The van der Waals surface area contributed by atoms with E-state index in [9.17, 15) is 19.8 Å². The Labute approximate surface area is 163 Å². The van der Waals surface area contributed by atoms with E-state index < -0.39 is 16.4 Å². The van der Waals surface area contributed by atoms with Crippen molar-refractivity contribution in [2.24, 2.45) is 0 Å². The van der Waals surface area contributed by atoms with Crippen molar-refractivity contribution in [1.29, 1.82) is 5.26 Å². The second-order valence-electron chi connectivity index (χ2n) is 5.50. The zero-order valence-electron chi connectivity index (χ0n) is 14.5. The smallest absolute Gasteiger partial charge is 0.306 e. The van der Waals surface area contributed by atoms with Gasteiger partial charge < -0.3 is 10.1 Å². The third kappa shape index (κ3) is 4.13. The molecule has 0 saturated heterocycles. The molecule has 0 aliphatic rings. The second kappa shape index (κ2) is 8.28. The molecule has 0 unspecified atom stereocenters. The monoisotopic (exact) mass is 396 g/mol. The van der Waals surface area contributed by atoms with Gasteiger partial charge in [-0.1, -0.05) is 0 Å². The molecule has 3 aromatic rings. The highest BCUT2D eigenvalue weighted by Gasteiger charge is 2.14. The number of hydrogen-bond acceptors (Lipinski definition) is 7. The third-order valence-corrected chi connectivity index (χ3v) is 4.64. The van der Waals surface area contributed by atoms with Crippen molar-refractivity contribution < 1.29 is 14.1 Å². The number of anilines is 1. The lowest BCUT2D eigenvalue weighted by atomic mass is 10.2. The summed E-state index contributed by atoms with van der Waals surface area (Å²) in [7, 11) is 1.59. The molecule has 0 spiro atoms. The van der Waals surface area contributed by atoms with Crippen LogP contribution in [0.4, 0.5) is 15.8 Å². The van der Waals surface area contributed by atoms with E-state index in [-0.39, 0.29) is 11.3 Å². The highest BCUT2D eigenvalue weighted by molar-refractivity contribution is 7.11. The van der Waals surface area contributed by atoms with E-state index in [0.29, 0.717) is 10.7 Å². The first-order valence-electron chi connectivity index (χ1n) is 7.93. The first kappa shape index (κ1) is 19.0. The lowest BCUT2D eigenvalue weighted by Gasteiger charge is -2.02. The molecule has 0 atom stereocenters. The van der Waals surface area contributed by atoms with Crippen LogP contribution in [0.3, 0.4) is 0 Å². The summed E-state index contributed by atoms with van der Waals surface area (Å²) in [5, 5.41) is 25.3. The van der Waals surface area contributed by atoms with Gasteiger partial charge in [0.2, 0.25) is 5.82 Å². The predicted molar refractivity (Wildman–Crippen MR) is 104 cm³/mol. The highest BCUT2D eigenvalue weighted by atomic mass is 32.1. The first-order valence-corrected chi connectivity index (χ1v) is 8.81. The van der Waals surface area contributed by atoms with Crippen LogP contribution in [0.15, 0.2) is 54.0 Å². The molecule has 9 heteroatoms. The third-order valence-electron chi connectivity index (χ3n) is 3.77. The van der Waals surface area contributed by atoms with Crippen molar-refractivity contribution in [2.45, 2.75) is 0 Å². The molecule has 1 N–H and O–H groups in total. The van der Waals surface area contributed by atoms with Crippen molar-refractivity contribution >= 4 is 28.3 Å². The number of nitro benzene ring substituents is 1. The number of nitrogens with one attached hydrogen (secondary N) is 1. The number of rotatable bonds is 6. The fourth-order valence-corrected chi connectivity index (χ4v) is 3.13. The number of nitriles is 1. The number of hydrogen-bond donors (Lipinski definition) is 1. The summed E-state index contributed by atoms with van der Waals surface area (Å²) in [6.07, 6.45) is 1.38. The van der Waals surface area contributed by atoms with Gasteiger partial charge in [0, 0.05) is 28.9 Å². The van der Waals surface area contributed by atoms with Gasteiger partial charge in [0.15, 0.2) is 0 Å². The Kier molecular flexibility index (Phi) is 5.62. The van der Waals surface area contributed by atoms with Crippen molar-refractivity contribution in [1.82, 2.24) is 4.98 Å². The maximum Gasteiger partial charge on any atom is 0.306 e. The molecule has 2 aromatic carbocycles. The molecule has 0 aliphatic carbocycles. The molecule has 7 nitrogen and oxygen atoms in total. The van der Waals surface area contributed by atoms with Crippen molar-refractivity contribution in [3.8, 4) is 23.1 Å². The van der Waals surface area contributed by atoms with Gasteiger partial charge in [-0.15, -0.1) is 11.3 Å². The van der Waals surface area contributed by atoms with Crippen LogP contribution in [0.2, 0.25) is 0 Å². The maximum absolute atomic E-state index is 13.4. The Balaban J connectivity index is 1.82. The van der Waals surface area contributed by atoms with E-state index in [0.717, 1.165) is 23.4 Å². The van der Waals surface area contributed by atoms with Crippen LogP contribution in [-0.4, -0.2) is 17.0 Å². The van der Waals surface area contributed by atoms with Crippen LogP contribution in [0.25, 0.3) is 16.8 Å². The Morgan fingerprint density at radius 1 is 1.36 bits per heavy atom. The minimum Gasteiger partial charge on any atom is -0.497 e. The fraction of sp³-hybridized carbons (Fsp3) is 0.0526.